The van der Waals surface area contributed by atoms with E-state index >= 15 is 0 Å². The standard InChI is InChI=1S/C33H30N4O5/c1-22-27(6-3-7-29(22)26-9-11-32-35-12-13-37(32)18-26)21-41-28-10-8-25(17-36-30(19-38)33(39)40)31(15-28)42-20-24-5-2-4-23(14-24)16-34/h2-15,18,30,36,38H,17,19-21H2,1H3,(H,39,40). The molecule has 0 amide bonds. The Bertz CT molecular complexity index is 1760. The second-order valence-corrected chi connectivity index (χ2v) is 9.81. The summed E-state index contributed by atoms with van der Waals surface area (Å²) in [6.07, 6.45) is 5.76. The number of nitriles is 1. The number of aliphatic hydroxyl groups excluding tert-OH is 1. The van der Waals surface area contributed by atoms with E-state index in [0.717, 1.165) is 33.5 Å². The maximum Gasteiger partial charge on any atom is 0.323 e. The van der Waals surface area contributed by atoms with E-state index in [1.165, 1.54) is 0 Å². The molecule has 3 aromatic carbocycles. The van der Waals surface area contributed by atoms with Crippen LogP contribution >= 0.6 is 0 Å². The second-order valence-electron chi connectivity index (χ2n) is 9.81. The van der Waals surface area contributed by atoms with Gasteiger partial charge in [0, 0.05) is 36.8 Å². The number of aliphatic hydroxyl groups is 1. The average molecular weight is 563 g/mol. The van der Waals surface area contributed by atoms with Crippen molar-refractivity contribution in [3.63, 3.8) is 0 Å². The van der Waals surface area contributed by atoms with Crippen LogP contribution in [0.3, 0.4) is 0 Å². The molecule has 0 aliphatic carbocycles. The summed E-state index contributed by atoms with van der Waals surface area (Å²) in [5.74, 6) is -0.0551. The van der Waals surface area contributed by atoms with Gasteiger partial charge in [-0.1, -0.05) is 36.4 Å². The molecular formula is C33H30N4O5. The first-order valence-corrected chi connectivity index (χ1v) is 13.4. The smallest absolute Gasteiger partial charge is 0.323 e. The number of hydrogen-bond donors (Lipinski definition) is 3. The highest BCUT2D eigenvalue weighted by Crippen LogP contribution is 2.29. The highest BCUT2D eigenvalue weighted by atomic mass is 16.5. The SMILES string of the molecule is Cc1c(COc2ccc(CNC(CO)C(=O)O)c(OCc3cccc(C#N)c3)c2)cccc1-c1ccc2nccn2c1. The Labute approximate surface area is 243 Å². The van der Waals surface area contributed by atoms with Crippen LogP contribution in [0.25, 0.3) is 16.8 Å². The van der Waals surface area contributed by atoms with Crippen LogP contribution in [-0.4, -0.2) is 38.2 Å². The lowest BCUT2D eigenvalue weighted by atomic mass is 9.98. The first kappa shape index (κ1) is 28.4. The number of imidazole rings is 1. The molecule has 0 fully saturated rings. The van der Waals surface area contributed by atoms with Gasteiger partial charge in [-0.05, 0) is 65.1 Å². The summed E-state index contributed by atoms with van der Waals surface area (Å²) < 4.78 is 14.3. The molecule has 0 saturated heterocycles. The van der Waals surface area contributed by atoms with Crippen molar-refractivity contribution in [2.75, 3.05) is 6.61 Å². The van der Waals surface area contributed by atoms with E-state index in [1.54, 1.807) is 36.5 Å². The highest BCUT2D eigenvalue weighted by Gasteiger charge is 2.17. The van der Waals surface area contributed by atoms with Crippen molar-refractivity contribution >= 4 is 11.6 Å². The van der Waals surface area contributed by atoms with Crippen molar-refractivity contribution in [3.05, 3.63) is 119 Å². The lowest BCUT2D eigenvalue weighted by Gasteiger charge is -2.17. The predicted octanol–water partition coefficient (Wildman–Crippen LogP) is 4.87. The zero-order valence-electron chi connectivity index (χ0n) is 23.0. The van der Waals surface area contributed by atoms with Crippen molar-refractivity contribution in [2.45, 2.75) is 32.7 Å². The number of hydrogen-bond acceptors (Lipinski definition) is 7. The fourth-order valence-corrected chi connectivity index (χ4v) is 4.65. The second kappa shape index (κ2) is 13.0. The summed E-state index contributed by atoms with van der Waals surface area (Å²) in [6, 6.07) is 23.7. The Morgan fingerprint density at radius 3 is 2.71 bits per heavy atom. The summed E-state index contributed by atoms with van der Waals surface area (Å²) in [6.45, 7) is 2.23. The molecule has 1 unspecified atom stereocenters. The highest BCUT2D eigenvalue weighted by molar-refractivity contribution is 5.73. The minimum absolute atomic E-state index is 0.161. The normalized spacial score (nSPS) is 11.6. The van der Waals surface area contributed by atoms with Crippen LogP contribution in [0.2, 0.25) is 0 Å². The molecule has 0 spiro atoms. The molecule has 212 valence electrons. The number of carboxylic acids is 1. The Morgan fingerprint density at radius 1 is 1.05 bits per heavy atom. The van der Waals surface area contributed by atoms with Crippen LogP contribution in [-0.2, 0) is 24.6 Å². The van der Waals surface area contributed by atoms with E-state index in [1.807, 2.05) is 40.9 Å². The Hall–Kier alpha value is -5.17. The molecule has 9 heteroatoms. The first-order valence-electron chi connectivity index (χ1n) is 13.4. The number of aromatic nitrogens is 2. The van der Waals surface area contributed by atoms with Gasteiger partial charge in [-0.15, -0.1) is 0 Å². The molecule has 2 heterocycles. The summed E-state index contributed by atoms with van der Waals surface area (Å²) in [5, 5.41) is 30.7. The van der Waals surface area contributed by atoms with Crippen molar-refractivity contribution in [1.82, 2.24) is 14.7 Å². The van der Waals surface area contributed by atoms with E-state index in [-0.39, 0.29) is 13.2 Å². The van der Waals surface area contributed by atoms with Crippen molar-refractivity contribution in [1.29, 1.82) is 5.26 Å². The number of carboxylic acid groups (broad SMARTS) is 1. The molecule has 9 nitrogen and oxygen atoms in total. The van der Waals surface area contributed by atoms with Gasteiger partial charge < -0.3 is 24.1 Å². The fourth-order valence-electron chi connectivity index (χ4n) is 4.65. The third kappa shape index (κ3) is 6.58. The first-order chi connectivity index (χ1) is 20.4. The molecule has 0 aliphatic heterocycles. The number of ether oxygens (including phenoxy) is 2. The van der Waals surface area contributed by atoms with Crippen LogP contribution in [0.4, 0.5) is 0 Å². The summed E-state index contributed by atoms with van der Waals surface area (Å²) in [7, 11) is 0. The monoisotopic (exact) mass is 562 g/mol. The van der Waals surface area contributed by atoms with Gasteiger partial charge in [-0.3, -0.25) is 10.1 Å². The van der Waals surface area contributed by atoms with Crippen LogP contribution in [0.15, 0.2) is 91.4 Å². The Kier molecular flexibility index (Phi) is 8.78. The van der Waals surface area contributed by atoms with E-state index in [0.29, 0.717) is 29.2 Å². The molecule has 42 heavy (non-hydrogen) atoms. The lowest BCUT2D eigenvalue weighted by Crippen LogP contribution is -2.39. The number of pyridine rings is 1. The number of nitrogens with zero attached hydrogens (tertiary/aromatic N) is 3. The Morgan fingerprint density at radius 2 is 1.90 bits per heavy atom. The lowest BCUT2D eigenvalue weighted by molar-refractivity contribution is -0.140. The van der Waals surface area contributed by atoms with Gasteiger partial charge in [-0.25, -0.2) is 4.98 Å². The molecule has 0 aliphatic rings. The molecule has 1 atom stereocenters. The number of carbonyl (C=O) groups is 1. The van der Waals surface area contributed by atoms with Gasteiger partial charge in [0.2, 0.25) is 0 Å². The zero-order chi connectivity index (χ0) is 29.5. The number of benzene rings is 3. The molecule has 5 aromatic rings. The molecule has 0 bridgehead atoms. The molecule has 2 aromatic heterocycles. The minimum atomic E-state index is -1.14. The molecular weight excluding hydrogens is 532 g/mol. The largest absolute Gasteiger partial charge is 0.489 e. The third-order valence-corrected chi connectivity index (χ3v) is 7.05. The van der Waals surface area contributed by atoms with Gasteiger partial charge in [-0.2, -0.15) is 5.26 Å². The van der Waals surface area contributed by atoms with Gasteiger partial charge in [0.25, 0.3) is 0 Å². The number of nitrogens with one attached hydrogen (secondary N) is 1. The van der Waals surface area contributed by atoms with Crippen molar-refractivity contribution in [2.24, 2.45) is 0 Å². The predicted molar refractivity (Wildman–Crippen MR) is 157 cm³/mol. The summed E-state index contributed by atoms with van der Waals surface area (Å²) in [4.78, 5) is 15.7. The van der Waals surface area contributed by atoms with Crippen molar-refractivity contribution < 1.29 is 24.5 Å². The molecule has 0 saturated carbocycles. The van der Waals surface area contributed by atoms with Gasteiger partial charge in [0.15, 0.2) is 0 Å². The summed E-state index contributed by atoms with van der Waals surface area (Å²) in [5.41, 5.74) is 7.27. The van der Waals surface area contributed by atoms with E-state index in [2.05, 4.69) is 41.6 Å². The molecule has 5 rings (SSSR count). The van der Waals surface area contributed by atoms with Crippen LogP contribution in [0.1, 0.15) is 27.8 Å². The zero-order valence-corrected chi connectivity index (χ0v) is 23.0. The van der Waals surface area contributed by atoms with Gasteiger partial charge in [0.05, 0.1) is 18.2 Å². The minimum Gasteiger partial charge on any atom is -0.489 e. The fraction of sp³-hybridized carbons (Fsp3) is 0.182. The quantitative estimate of drug-likeness (QED) is 0.196. The summed E-state index contributed by atoms with van der Waals surface area (Å²) >= 11 is 0. The van der Waals surface area contributed by atoms with E-state index < -0.39 is 18.6 Å². The van der Waals surface area contributed by atoms with E-state index in [4.69, 9.17) is 9.47 Å². The Balaban J connectivity index is 1.35. The molecule has 3 N–H and O–H groups in total. The van der Waals surface area contributed by atoms with Crippen LogP contribution in [0.5, 0.6) is 11.5 Å². The molecule has 0 radical (unpaired) electrons. The maximum absolute atomic E-state index is 11.4. The number of aliphatic carboxylic acids is 1. The van der Waals surface area contributed by atoms with E-state index in [9.17, 15) is 20.3 Å². The topological polar surface area (TPSA) is 129 Å². The average Bonchev–Trinajstić information content (AvgIpc) is 3.48. The maximum atomic E-state index is 11.4. The number of rotatable bonds is 12. The van der Waals surface area contributed by atoms with Crippen LogP contribution < -0.4 is 14.8 Å². The van der Waals surface area contributed by atoms with Gasteiger partial charge >= 0.3 is 5.97 Å². The number of fused-ring (bicyclic) bond motifs is 1. The van der Waals surface area contributed by atoms with Crippen LogP contribution in [0, 0.1) is 18.3 Å². The van der Waals surface area contributed by atoms with Crippen molar-refractivity contribution in [3.8, 4) is 28.7 Å². The van der Waals surface area contributed by atoms with Gasteiger partial charge in [0.1, 0.15) is 36.4 Å². The third-order valence-electron chi connectivity index (χ3n) is 7.05.